The van der Waals surface area contributed by atoms with Gasteiger partial charge in [-0.05, 0) is 36.5 Å². The minimum absolute atomic E-state index is 0.0166. The first kappa shape index (κ1) is 17.5. The van der Waals surface area contributed by atoms with Gasteiger partial charge in [0.25, 0.3) is 5.69 Å². The number of hydrogen-bond acceptors (Lipinski definition) is 4. The predicted molar refractivity (Wildman–Crippen MR) is 104 cm³/mol. The molecule has 2 aliphatic rings. The van der Waals surface area contributed by atoms with E-state index < -0.39 is 0 Å². The first-order chi connectivity index (χ1) is 13.1. The van der Waals surface area contributed by atoms with Crippen LogP contribution < -0.4 is 4.90 Å². The van der Waals surface area contributed by atoms with Crippen molar-refractivity contribution in [3.05, 3.63) is 70.3 Å². The van der Waals surface area contributed by atoms with Gasteiger partial charge >= 0.3 is 0 Å². The summed E-state index contributed by atoms with van der Waals surface area (Å²) in [6.07, 6.45) is 2.27. The van der Waals surface area contributed by atoms with Gasteiger partial charge in [0, 0.05) is 44.0 Å². The van der Waals surface area contributed by atoms with Crippen LogP contribution in [-0.4, -0.2) is 41.9 Å². The molecular formula is C21H23N3O3. The fourth-order valence-electron chi connectivity index (χ4n) is 3.87. The van der Waals surface area contributed by atoms with Crippen LogP contribution in [0.2, 0.25) is 0 Å². The van der Waals surface area contributed by atoms with Crippen molar-refractivity contribution in [1.29, 1.82) is 0 Å². The van der Waals surface area contributed by atoms with E-state index in [1.165, 1.54) is 12.1 Å². The number of rotatable bonds is 5. The summed E-state index contributed by atoms with van der Waals surface area (Å²) in [7, 11) is 0. The van der Waals surface area contributed by atoms with E-state index >= 15 is 0 Å². The van der Waals surface area contributed by atoms with E-state index in [1.807, 2.05) is 23.1 Å². The standard InChI is InChI=1S/C21H23N3O3/c25-21(20(17-6-7-17)16-4-2-1-3-5-16)23-14-12-22(13-15-23)18-8-10-19(11-9-18)24(26)27/h1-5,8-11,17,20H,6-7,12-15H2. The first-order valence-corrected chi connectivity index (χ1v) is 9.46. The maximum absolute atomic E-state index is 13.2. The van der Waals surface area contributed by atoms with Crippen molar-refractivity contribution in [2.45, 2.75) is 18.8 Å². The molecule has 1 heterocycles. The molecular weight excluding hydrogens is 342 g/mol. The SMILES string of the molecule is O=C(C(c1ccccc1)C1CC1)N1CCN(c2ccc([N+](=O)[O-])cc2)CC1. The van der Waals surface area contributed by atoms with Gasteiger partial charge in [0.05, 0.1) is 10.8 Å². The van der Waals surface area contributed by atoms with E-state index in [2.05, 4.69) is 17.0 Å². The van der Waals surface area contributed by atoms with Crippen LogP contribution in [-0.2, 0) is 4.79 Å². The Kier molecular flexibility index (Phi) is 4.79. The molecule has 1 aliphatic heterocycles. The number of hydrogen-bond donors (Lipinski definition) is 0. The Morgan fingerprint density at radius 3 is 2.15 bits per heavy atom. The molecule has 4 rings (SSSR count). The van der Waals surface area contributed by atoms with Crippen molar-refractivity contribution >= 4 is 17.3 Å². The number of benzene rings is 2. The van der Waals surface area contributed by atoms with Gasteiger partial charge in [-0.15, -0.1) is 0 Å². The van der Waals surface area contributed by atoms with Crippen molar-refractivity contribution in [2.24, 2.45) is 5.92 Å². The molecule has 6 heteroatoms. The minimum Gasteiger partial charge on any atom is -0.368 e. The largest absolute Gasteiger partial charge is 0.368 e. The number of nitro benzene ring substituents is 1. The third-order valence-electron chi connectivity index (χ3n) is 5.54. The summed E-state index contributed by atoms with van der Waals surface area (Å²) in [4.78, 5) is 27.8. The Balaban J connectivity index is 1.41. The minimum atomic E-state index is -0.387. The molecule has 1 saturated heterocycles. The number of amides is 1. The molecule has 2 aromatic rings. The van der Waals surface area contributed by atoms with Gasteiger partial charge in [-0.3, -0.25) is 14.9 Å². The smallest absolute Gasteiger partial charge is 0.269 e. The molecule has 27 heavy (non-hydrogen) atoms. The van der Waals surface area contributed by atoms with Gasteiger partial charge in [0.1, 0.15) is 0 Å². The highest BCUT2D eigenvalue weighted by Crippen LogP contribution is 2.43. The van der Waals surface area contributed by atoms with Crippen molar-refractivity contribution in [3.8, 4) is 0 Å². The van der Waals surface area contributed by atoms with E-state index in [0.717, 1.165) is 37.2 Å². The van der Waals surface area contributed by atoms with Crippen LogP contribution in [0, 0.1) is 16.0 Å². The van der Waals surface area contributed by atoms with Crippen LogP contribution in [0.25, 0.3) is 0 Å². The lowest BCUT2D eigenvalue weighted by molar-refractivity contribution is -0.384. The van der Waals surface area contributed by atoms with E-state index in [9.17, 15) is 14.9 Å². The third kappa shape index (κ3) is 3.79. The van der Waals surface area contributed by atoms with Gasteiger partial charge in [-0.1, -0.05) is 30.3 Å². The molecule has 6 nitrogen and oxygen atoms in total. The van der Waals surface area contributed by atoms with E-state index in [4.69, 9.17) is 0 Å². The fraction of sp³-hybridized carbons (Fsp3) is 0.381. The molecule has 0 radical (unpaired) electrons. The van der Waals surface area contributed by atoms with Crippen molar-refractivity contribution in [2.75, 3.05) is 31.1 Å². The Morgan fingerprint density at radius 2 is 1.59 bits per heavy atom. The molecule has 0 spiro atoms. The van der Waals surface area contributed by atoms with E-state index in [1.54, 1.807) is 12.1 Å². The molecule has 0 aromatic heterocycles. The average molecular weight is 365 g/mol. The highest BCUT2D eigenvalue weighted by molar-refractivity contribution is 5.84. The number of carbonyl (C=O) groups is 1. The van der Waals surface area contributed by atoms with Crippen LogP contribution >= 0.6 is 0 Å². The van der Waals surface area contributed by atoms with Crippen LogP contribution in [0.1, 0.15) is 24.3 Å². The summed E-state index contributed by atoms with van der Waals surface area (Å²) < 4.78 is 0. The van der Waals surface area contributed by atoms with Crippen LogP contribution in [0.5, 0.6) is 0 Å². The highest BCUT2D eigenvalue weighted by atomic mass is 16.6. The zero-order chi connectivity index (χ0) is 18.8. The molecule has 1 saturated carbocycles. The zero-order valence-corrected chi connectivity index (χ0v) is 15.2. The normalized spacial score (nSPS) is 18.2. The Labute approximate surface area is 158 Å². The Bertz CT molecular complexity index is 810. The molecule has 2 fully saturated rings. The molecule has 2 aromatic carbocycles. The Hall–Kier alpha value is -2.89. The molecule has 0 bridgehead atoms. The topological polar surface area (TPSA) is 66.7 Å². The Morgan fingerprint density at radius 1 is 0.963 bits per heavy atom. The van der Waals surface area contributed by atoms with Gasteiger partial charge in [0.2, 0.25) is 5.91 Å². The van der Waals surface area contributed by atoms with Gasteiger partial charge in [-0.25, -0.2) is 0 Å². The van der Waals surface area contributed by atoms with Crippen molar-refractivity contribution in [3.63, 3.8) is 0 Å². The molecule has 1 unspecified atom stereocenters. The number of nitro groups is 1. The zero-order valence-electron chi connectivity index (χ0n) is 15.2. The lowest BCUT2D eigenvalue weighted by Crippen LogP contribution is -2.50. The molecule has 1 atom stereocenters. The van der Waals surface area contributed by atoms with Gasteiger partial charge in [-0.2, -0.15) is 0 Å². The van der Waals surface area contributed by atoms with E-state index in [0.29, 0.717) is 19.0 Å². The van der Waals surface area contributed by atoms with Crippen LogP contribution in [0.15, 0.2) is 54.6 Å². The quantitative estimate of drug-likeness (QED) is 0.601. The number of non-ortho nitro benzene ring substituents is 1. The summed E-state index contributed by atoms with van der Waals surface area (Å²) in [5.74, 6) is 0.705. The summed E-state index contributed by atoms with van der Waals surface area (Å²) >= 11 is 0. The van der Waals surface area contributed by atoms with Crippen LogP contribution in [0.3, 0.4) is 0 Å². The fourth-order valence-corrected chi connectivity index (χ4v) is 3.87. The second-order valence-corrected chi connectivity index (χ2v) is 7.31. The molecule has 1 aliphatic carbocycles. The molecule has 0 N–H and O–H groups in total. The van der Waals surface area contributed by atoms with Crippen molar-refractivity contribution in [1.82, 2.24) is 4.90 Å². The summed E-state index contributed by atoms with van der Waals surface area (Å²) in [5, 5.41) is 10.8. The summed E-state index contributed by atoms with van der Waals surface area (Å²) in [5.41, 5.74) is 2.19. The van der Waals surface area contributed by atoms with Crippen LogP contribution in [0.4, 0.5) is 11.4 Å². The number of nitrogens with zero attached hydrogens (tertiary/aromatic N) is 3. The lowest BCUT2D eigenvalue weighted by Gasteiger charge is -2.37. The monoisotopic (exact) mass is 365 g/mol. The summed E-state index contributed by atoms with van der Waals surface area (Å²) in [6.45, 7) is 2.86. The van der Waals surface area contributed by atoms with Crippen molar-refractivity contribution < 1.29 is 9.72 Å². The number of anilines is 1. The maximum atomic E-state index is 13.2. The average Bonchev–Trinajstić information content (AvgIpc) is 3.54. The third-order valence-corrected chi connectivity index (χ3v) is 5.54. The number of carbonyl (C=O) groups excluding carboxylic acids is 1. The highest BCUT2D eigenvalue weighted by Gasteiger charge is 2.39. The lowest BCUT2D eigenvalue weighted by atomic mass is 9.92. The maximum Gasteiger partial charge on any atom is 0.269 e. The first-order valence-electron chi connectivity index (χ1n) is 9.46. The second-order valence-electron chi connectivity index (χ2n) is 7.31. The van der Waals surface area contributed by atoms with E-state index in [-0.39, 0.29) is 22.4 Å². The summed E-state index contributed by atoms with van der Waals surface area (Å²) in [6, 6.07) is 16.8. The van der Waals surface area contributed by atoms with Gasteiger partial charge < -0.3 is 9.80 Å². The number of piperazine rings is 1. The second kappa shape index (κ2) is 7.39. The predicted octanol–water partition coefficient (Wildman–Crippen LogP) is 3.44. The van der Waals surface area contributed by atoms with Gasteiger partial charge in [0.15, 0.2) is 0 Å². The molecule has 140 valence electrons. The molecule has 1 amide bonds.